The van der Waals surface area contributed by atoms with Crippen LogP contribution in [0.15, 0.2) is 28.7 Å². The van der Waals surface area contributed by atoms with E-state index in [1.165, 1.54) is 11.8 Å². The summed E-state index contributed by atoms with van der Waals surface area (Å²) in [4.78, 5) is 0. The van der Waals surface area contributed by atoms with Crippen LogP contribution in [0.3, 0.4) is 0 Å². The molecule has 0 radical (unpaired) electrons. The summed E-state index contributed by atoms with van der Waals surface area (Å²) < 4.78 is 26.3. The summed E-state index contributed by atoms with van der Waals surface area (Å²) in [7, 11) is -3.14. The minimum atomic E-state index is -3.14. The average Bonchev–Trinajstić information content (AvgIpc) is 2.63. The number of hydrogen-bond acceptors (Lipinski definition) is 3. The molecule has 1 saturated heterocycles. The summed E-state index contributed by atoms with van der Waals surface area (Å²) in [5.74, 6) is 0. The number of nitrogens with one attached hydrogen (secondary N) is 2. The Balaban J connectivity index is 0.00000180. The second kappa shape index (κ2) is 7.04. The first-order valence-corrected chi connectivity index (χ1v) is 8.57. The van der Waals surface area contributed by atoms with E-state index in [9.17, 15) is 8.42 Å². The van der Waals surface area contributed by atoms with Crippen LogP contribution in [0.5, 0.6) is 0 Å². The molecule has 1 aromatic rings. The minimum absolute atomic E-state index is 0. The Morgan fingerprint density at radius 1 is 1.47 bits per heavy atom. The van der Waals surface area contributed by atoms with E-state index in [0.29, 0.717) is 0 Å². The van der Waals surface area contributed by atoms with Gasteiger partial charge in [0.1, 0.15) is 0 Å². The quantitative estimate of drug-likeness (QED) is 0.849. The van der Waals surface area contributed by atoms with Crippen molar-refractivity contribution >= 4 is 38.4 Å². The molecular formula is C12H18BrClN2O2S. The van der Waals surface area contributed by atoms with E-state index in [1.807, 2.05) is 12.1 Å². The summed E-state index contributed by atoms with van der Waals surface area (Å²) in [6.07, 6.45) is 2.87. The third-order valence-electron chi connectivity index (χ3n) is 3.06. The second-order valence-electron chi connectivity index (χ2n) is 4.68. The van der Waals surface area contributed by atoms with E-state index in [4.69, 9.17) is 0 Å². The summed E-state index contributed by atoms with van der Waals surface area (Å²) in [6.45, 7) is 0.853. The highest BCUT2D eigenvalue weighted by Crippen LogP contribution is 2.17. The molecule has 19 heavy (non-hydrogen) atoms. The van der Waals surface area contributed by atoms with Crippen LogP contribution in [0.4, 0.5) is 0 Å². The largest absolute Gasteiger partial charge is 0.312 e. The molecule has 0 unspecified atom stereocenters. The van der Waals surface area contributed by atoms with E-state index in [0.717, 1.165) is 23.9 Å². The van der Waals surface area contributed by atoms with Crippen LogP contribution in [-0.2, 0) is 16.4 Å². The number of halogens is 2. The van der Waals surface area contributed by atoms with Crippen LogP contribution in [-0.4, -0.2) is 33.3 Å². The van der Waals surface area contributed by atoms with Gasteiger partial charge in [0.2, 0.25) is 10.0 Å². The van der Waals surface area contributed by atoms with Crippen molar-refractivity contribution < 1.29 is 8.42 Å². The summed E-state index contributed by atoms with van der Waals surface area (Å²) >= 11 is 3.44. The molecule has 0 aromatic heterocycles. The molecule has 0 spiro atoms. The first-order valence-electron chi connectivity index (χ1n) is 5.89. The Kier molecular flexibility index (Phi) is 6.26. The SMILES string of the molecule is CS(=O)(=O)N[C@H]1CCN[C@H]1Cc1cccc(Br)c1.Cl. The number of hydrogen-bond donors (Lipinski definition) is 2. The van der Waals surface area contributed by atoms with Gasteiger partial charge >= 0.3 is 0 Å². The Bertz CT molecular complexity index is 524. The number of benzene rings is 1. The summed E-state index contributed by atoms with van der Waals surface area (Å²) in [5, 5.41) is 3.35. The third kappa shape index (κ3) is 5.39. The molecule has 4 nitrogen and oxygen atoms in total. The third-order valence-corrected chi connectivity index (χ3v) is 4.28. The number of sulfonamides is 1. The lowest BCUT2D eigenvalue weighted by molar-refractivity contribution is 0.494. The standard InChI is InChI=1S/C12H17BrN2O2S.ClH/c1-18(16,17)15-11-5-6-14-12(11)8-9-3-2-4-10(13)7-9;/h2-4,7,11-12,14-15H,5-6,8H2,1H3;1H/t11-,12-;/m0./s1. The Hall–Kier alpha value is -0.140. The molecule has 108 valence electrons. The maximum absolute atomic E-state index is 11.3. The molecule has 0 aliphatic carbocycles. The average molecular weight is 370 g/mol. The van der Waals surface area contributed by atoms with E-state index in [-0.39, 0.29) is 24.5 Å². The topological polar surface area (TPSA) is 58.2 Å². The zero-order valence-corrected chi connectivity index (χ0v) is 13.8. The number of rotatable bonds is 4. The lowest BCUT2D eigenvalue weighted by Crippen LogP contribution is -2.44. The van der Waals surface area contributed by atoms with Crippen molar-refractivity contribution in [1.82, 2.24) is 10.0 Å². The molecule has 2 atom stereocenters. The van der Waals surface area contributed by atoms with E-state index in [2.05, 4.69) is 38.1 Å². The van der Waals surface area contributed by atoms with Crippen molar-refractivity contribution in [3.63, 3.8) is 0 Å². The van der Waals surface area contributed by atoms with Crippen LogP contribution >= 0.6 is 28.3 Å². The lowest BCUT2D eigenvalue weighted by Gasteiger charge is -2.20. The zero-order chi connectivity index (χ0) is 13.2. The van der Waals surface area contributed by atoms with Gasteiger partial charge in [-0.1, -0.05) is 28.1 Å². The minimum Gasteiger partial charge on any atom is -0.312 e. The van der Waals surface area contributed by atoms with Gasteiger partial charge in [-0.15, -0.1) is 12.4 Å². The van der Waals surface area contributed by atoms with E-state index in [1.54, 1.807) is 0 Å². The monoisotopic (exact) mass is 368 g/mol. The second-order valence-corrected chi connectivity index (χ2v) is 7.38. The van der Waals surface area contributed by atoms with Gasteiger partial charge in [-0.25, -0.2) is 13.1 Å². The highest BCUT2D eigenvalue weighted by molar-refractivity contribution is 9.10. The highest BCUT2D eigenvalue weighted by Gasteiger charge is 2.28. The molecule has 1 heterocycles. The van der Waals surface area contributed by atoms with Crippen LogP contribution in [0.1, 0.15) is 12.0 Å². The van der Waals surface area contributed by atoms with Crippen LogP contribution in [0.25, 0.3) is 0 Å². The fourth-order valence-corrected chi connectivity index (χ4v) is 3.59. The lowest BCUT2D eigenvalue weighted by atomic mass is 10.0. The zero-order valence-electron chi connectivity index (χ0n) is 10.6. The summed E-state index contributed by atoms with van der Waals surface area (Å²) in [6, 6.07) is 8.25. The summed E-state index contributed by atoms with van der Waals surface area (Å²) in [5.41, 5.74) is 1.20. The molecule has 1 aromatic carbocycles. The van der Waals surface area contributed by atoms with Crippen LogP contribution in [0, 0.1) is 0 Å². The first kappa shape index (κ1) is 16.9. The predicted octanol–water partition coefficient (Wildman–Crippen LogP) is 1.69. The van der Waals surface area contributed by atoms with Gasteiger partial charge in [0, 0.05) is 16.6 Å². The molecule has 0 amide bonds. The smallest absolute Gasteiger partial charge is 0.209 e. The van der Waals surface area contributed by atoms with E-state index < -0.39 is 10.0 Å². The Labute approximate surface area is 128 Å². The van der Waals surface area contributed by atoms with Crippen molar-refractivity contribution in [2.24, 2.45) is 0 Å². The molecule has 0 saturated carbocycles. The van der Waals surface area contributed by atoms with Gasteiger partial charge in [0.15, 0.2) is 0 Å². The van der Waals surface area contributed by atoms with Gasteiger partial charge in [-0.3, -0.25) is 0 Å². The Morgan fingerprint density at radius 2 is 2.21 bits per heavy atom. The van der Waals surface area contributed by atoms with E-state index >= 15 is 0 Å². The maximum atomic E-state index is 11.3. The fraction of sp³-hybridized carbons (Fsp3) is 0.500. The highest BCUT2D eigenvalue weighted by atomic mass is 79.9. The van der Waals surface area contributed by atoms with Crippen molar-refractivity contribution in [2.45, 2.75) is 24.9 Å². The van der Waals surface area contributed by atoms with Crippen molar-refractivity contribution in [3.05, 3.63) is 34.3 Å². The molecule has 1 fully saturated rings. The molecule has 1 aliphatic heterocycles. The first-order chi connectivity index (χ1) is 8.44. The molecule has 1 aliphatic rings. The predicted molar refractivity (Wildman–Crippen MR) is 83.3 cm³/mol. The molecule has 2 rings (SSSR count). The van der Waals surface area contributed by atoms with Crippen molar-refractivity contribution in [2.75, 3.05) is 12.8 Å². The van der Waals surface area contributed by atoms with Gasteiger partial charge in [-0.05, 0) is 37.1 Å². The van der Waals surface area contributed by atoms with Crippen molar-refractivity contribution in [3.8, 4) is 0 Å². The van der Waals surface area contributed by atoms with Gasteiger partial charge in [-0.2, -0.15) is 0 Å². The molecule has 2 N–H and O–H groups in total. The van der Waals surface area contributed by atoms with Gasteiger partial charge in [0.05, 0.1) is 6.26 Å². The van der Waals surface area contributed by atoms with Gasteiger partial charge < -0.3 is 5.32 Å². The molecule has 7 heteroatoms. The van der Waals surface area contributed by atoms with Crippen molar-refractivity contribution in [1.29, 1.82) is 0 Å². The Morgan fingerprint density at radius 3 is 2.84 bits per heavy atom. The normalized spacial score (nSPS) is 23.1. The maximum Gasteiger partial charge on any atom is 0.209 e. The van der Waals surface area contributed by atoms with Gasteiger partial charge in [0.25, 0.3) is 0 Å². The van der Waals surface area contributed by atoms with Crippen LogP contribution < -0.4 is 10.0 Å². The fourth-order valence-electron chi connectivity index (χ4n) is 2.32. The molecular weight excluding hydrogens is 352 g/mol. The molecule has 0 bridgehead atoms. The van der Waals surface area contributed by atoms with Crippen LogP contribution in [0.2, 0.25) is 0 Å².